The number of hydrogen-bond acceptors (Lipinski definition) is 3. The standard InChI is InChI=1S/C23H20N4O/c28-23(20-12-13-24-21-7-2-1-6-19(20)21)26-17-10-8-16(9-11-17)22-25-15-18-5-3-4-14-27(18)22/h1-2,6-13,15H,3-5,14H2,(H,26,28). The average Bonchev–Trinajstić information content (AvgIpc) is 3.18. The SMILES string of the molecule is O=C(Nc1ccc(-c2ncc3n2CCCC3)cc1)c1ccnc2ccccc12. The lowest BCUT2D eigenvalue weighted by molar-refractivity contribution is 0.102. The molecule has 28 heavy (non-hydrogen) atoms. The quantitative estimate of drug-likeness (QED) is 0.571. The molecule has 0 radical (unpaired) electrons. The Morgan fingerprint density at radius 2 is 1.82 bits per heavy atom. The number of nitrogens with zero attached hydrogens (tertiary/aromatic N) is 3. The minimum Gasteiger partial charge on any atom is -0.328 e. The van der Waals surface area contributed by atoms with Crippen LogP contribution in [0.25, 0.3) is 22.3 Å². The molecule has 0 unspecified atom stereocenters. The van der Waals surface area contributed by atoms with Crippen LogP contribution in [0.2, 0.25) is 0 Å². The van der Waals surface area contributed by atoms with Crippen LogP contribution < -0.4 is 5.32 Å². The Morgan fingerprint density at radius 1 is 0.964 bits per heavy atom. The van der Waals surface area contributed by atoms with Gasteiger partial charge < -0.3 is 9.88 Å². The van der Waals surface area contributed by atoms with Crippen LogP contribution in [-0.2, 0) is 13.0 Å². The smallest absolute Gasteiger partial charge is 0.256 e. The number of anilines is 1. The number of nitrogens with one attached hydrogen (secondary N) is 1. The van der Waals surface area contributed by atoms with E-state index in [1.54, 1.807) is 12.3 Å². The summed E-state index contributed by atoms with van der Waals surface area (Å²) < 4.78 is 2.31. The van der Waals surface area contributed by atoms with Crippen molar-refractivity contribution in [3.05, 3.63) is 78.2 Å². The van der Waals surface area contributed by atoms with Gasteiger partial charge >= 0.3 is 0 Å². The molecule has 3 heterocycles. The third-order valence-electron chi connectivity index (χ3n) is 5.30. The molecule has 0 spiro atoms. The predicted molar refractivity (Wildman–Crippen MR) is 110 cm³/mol. The summed E-state index contributed by atoms with van der Waals surface area (Å²) in [5.74, 6) is 0.872. The van der Waals surface area contributed by atoms with Gasteiger partial charge in [0.05, 0.1) is 11.1 Å². The zero-order chi connectivity index (χ0) is 18.9. The van der Waals surface area contributed by atoms with E-state index in [1.165, 1.54) is 18.5 Å². The fourth-order valence-corrected chi connectivity index (χ4v) is 3.86. The fourth-order valence-electron chi connectivity index (χ4n) is 3.86. The third kappa shape index (κ3) is 2.95. The minimum absolute atomic E-state index is 0.135. The number of para-hydroxylation sites is 1. The summed E-state index contributed by atoms with van der Waals surface area (Å²) in [7, 11) is 0. The molecule has 0 bridgehead atoms. The van der Waals surface area contributed by atoms with Crippen LogP contribution in [0.1, 0.15) is 28.9 Å². The van der Waals surface area contributed by atoms with E-state index in [1.807, 2.05) is 54.7 Å². The van der Waals surface area contributed by atoms with Crippen molar-refractivity contribution >= 4 is 22.5 Å². The molecule has 0 aliphatic carbocycles. The third-order valence-corrected chi connectivity index (χ3v) is 5.30. The van der Waals surface area contributed by atoms with Crippen molar-refractivity contribution in [2.75, 3.05) is 5.32 Å². The summed E-state index contributed by atoms with van der Waals surface area (Å²) in [5, 5.41) is 3.84. The summed E-state index contributed by atoms with van der Waals surface area (Å²) in [5.41, 5.74) is 4.58. The molecule has 1 aliphatic rings. The molecule has 2 aromatic heterocycles. The zero-order valence-corrected chi connectivity index (χ0v) is 15.4. The van der Waals surface area contributed by atoms with E-state index in [0.717, 1.165) is 40.9 Å². The maximum atomic E-state index is 12.8. The van der Waals surface area contributed by atoms with Crippen LogP contribution in [0.4, 0.5) is 5.69 Å². The molecule has 2 aromatic carbocycles. The van der Waals surface area contributed by atoms with Gasteiger partial charge in [0, 0.05) is 41.3 Å². The van der Waals surface area contributed by atoms with Crippen LogP contribution in [0, 0.1) is 0 Å². The van der Waals surface area contributed by atoms with Gasteiger partial charge in [0.1, 0.15) is 5.82 Å². The van der Waals surface area contributed by atoms with Crippen molar-refractivity contribution in [2.24, 2.45) is 0 Å². The van der Waals surface area contributed by atoms with Crippen molar-refractivity contribution < 1.29 is 4.79 Å². The maximum Gasteiger partial charge on any atom is 0.256 e. The highest BCUT2D eigenvalue weighted by Gasteiger charge is 2.15. The van der Waals surface area contributed by atoms with Crippen molar-refractivity contribution in [1.82, 2.24) is 14.5 Å². The number of amides is 1. The molecule has 1 aliphatic heterocycles. The Bertz CT molecular complexity index is 1160. The number of aromatic nitrogens is 3. The lowest BCUT2D eigenvalue weighted by atomic mass is 10.1. The number of pyridine rings is 1. The molecule has 0 fully saturated rings. The van der Waals surface area contributed by atoms with Gasteiger partial charge in [-0.2, -0.15) is 0 Å². The molecular weight excluding hydrogens is 348 g/mol. The van der Waals surface area contributed by atoms with E-state index in [9.17, 15) is 4.79 Å². The lowest BCUT2D eigenvalue weighted by Gasteiger charge is -2.16. The number of rotatable bonds is 3. The van der Waals surface area contributed by atoms with Crippen LogP contribution in [0.15, 0.2) is 67.0 Å². The Hall–Kier alpha value is -3.47. The van der Waals surface area contributed by atoms with Crippen molar-refractivity contribution in [3.63, 3.8) is 0 Å². The molecule has 5 rings (SSSR count). The molecule has 5 nitrogen and oxygen atoms in total. The molecule has 0 atom stereocenters. The van der Waals surface area contributed by atoms with Crippen LogP contribution in [-0.4, -0.2) is 20.4 Å². The van der Waals surface area contributed by atoms with E-state index >= 15 is 0 Å². The summed E-state index contributed by atoms with van der Waals surface area (Å²) in [6, 6.07) is 17.3. The maximum absolute atomic E-state index is 12.8. The van der Waals surface area contributed by atoms with Crippen LogP contribution in [0.5, 0.6) is 0 Å². The van der Waals surface area contributed by atoms with E-state index < -0.39 is 0 Å². The summed E-state index contributed by atoms with van der Waals surface area (Å²) in [4.78, 5) is 21.7. The van der Waals surface area contributed by atoms with Gasteiger partial charge in [0.2, 0.25) is 0 Å². The molecule has 4 aromatic rings. The van der Waals surface area contributed by atoms with E-state index in [4.69, 9.17) is 0 Å². The molecule has 5 heteroatoms. The van der Waals surface area contributed by atoms with Gasteiger partial charge in [0.25, 0.3) is 5.91 Å². The molecule has 1 amide bonds. The molecule has 1 N–H and O–H groups in total. The van der Waals surface area contributed by atoms with Crippen LogP contribution >= 0.6 is 0 Å². The number of carbonyl (C=O) groups excluding carboxylic acids is 1. The van der Waals surface area contributed by atoms with Gasteiger partial charge in [-0.3, -0.25) is 9.78 Å². The second kappa shape index (κ2) is 6.93. The van der Waals surface area contributed by atoms with Gasteiger partial charge in [-0.05, 0) is 55.7 Å². The fraction of sp³-hybridized carbons (Fsp3) is 0.174. The summed E-state index contributed by atoms with van der Waals surface area (Å²) in [6.07, 6.45) is 7.19. The molecule has 138 valence electrons. The first-order valence-corrected chi connectivity index (χ1v) is 9.59. The topological polar surface area (TPSA) is 59.8 Å². The van der Waals surface area contributed by atoms with Crippen molar-refractivity contribution in [2.45, 2.75) is 25.8 Å². The number of imidazole rings is 1. The Balaban J connectivity index is 1.39. The number of carbonyl (C=O) groups is 1. The van der Waals surface area contributed by atoms with E-state index in [-0.39, 0.29) is 5.91 Å². The molecular formula is C23H20N4O. The minimum atomic E-state index is -0.135. The Labute approximate surface area is 163 Å². The Kier molecular flexibility index (Phi) is 4.13. The normalized spacial score (nSPS) is 13.3. The number of hydrogen-bond donors (Lipinski definition) is 1. The number of benzene rings is 2. The van der Waals surface area contributed by atoms with Crippen LogP contribution in [0.3, 0.4) is 0 Å². The van der Waals surface area contributed by atoms with E-state index in [0.29, 0.717) is 5.56 Å². The largest absolute Gasteiger partial charge is 0.328 e. The van der Waals surface area contributed by atoms with Gasteiger partial charge in [-0.1, -0.05) is 18.2 Å². The average molecular weight is 368 g/mol. The monoisotopic (exact) mass is 368 g/mol. The van der Waals surface area contributed by atoms with Gasteiger partial charge in [0.15, 0.2) is 0 Å². The van der Waals surface area contributed by atoms with Crippen molar-refractivity contribution in [1.29, 1.82) is 0 Å². The highest BCUT2D eigenvalue weighted by Crippen LogP contribution is 2.26. The van der Waals surface area contributed by atoms with E-state index in [2.05, 4.69) is 19.9 Å². The second-order valence-electron chi connectivity index (χ2n) is 7.09. The number of fused-ring (bicyclic) bond motifs is 2. The molecule has 0 saturated carbocycles. The summed E-state index contributed by atoms with van der Waals surface area (Å²) >= 11 is 0. The highest BCUT2D eigenvalue weighted by atomic mass is 16.1. The van der Waals surface area contributed by atoms with Gasteiger partial charge in [-0.15, -0.1) is 0 Å². The highest BCUT2D eigenvalue weighted by molar-refractivity contribution is 6.12. The lowest BCUT2D eigenvalue weighted by Crippen LogP contribution is -2.13. The first kappa shape index (κ1) is 16.7. The zero-order valence-electron chi connectivity index (χ0n) is 15.4. The number of aryl methyl sites for hydroxylation is 1. The second-order valence-corrected chi connectivity index (χ2v) is 7.09. The predicted octanol–water partition coefficient (Wildman–Crippen LogP) is 4.69. The van der Waals surface area contributed by atoms with Gasteiger partial charge in [-0.25, -0.2) is 4.98 Å². The molecule has 0 saturated heterocycles. The first-order chi connectivity index (χ1) is 13.8. The summed E-state index contributed by atoms with van der Waals surface area (Å²) in [6.45, 7) is 1.03. The Morgan fingerprint density at radius 3 is 2.71 bits per heavy atom. The first-order valence-electron chi connectivity index (χ1n) is 9.59. The van der Waals surface area contributed by atoms with Crippen molar-refractivity contribution in [3.8, 4) is 11.4 Å².